The third-order valence-corrected chi connectivity index (χ3v) is 4.87. The van der Waals surface area contributed by atoms with Crippen molar-refractivity contribution in [3.63, 3.8) is 0 Å². The zero-order valence-corrected chi connectivity index (χ0v) is 19.5. The number of para-hydroxylation sites is 1. The first-order valence-corrected chi connectivity index (χ1v) is 11.0. The average molecular weight is 429 g/mol. The molecule has 1 aromatic carbocycles. The van der Waals surface area contributed by atoms with Crippen molar-refractivity contribution >= 4 is 27.9 Å². The molecule has 8 nitrogen and oxygen atoms in total. The number of benzene rings is 1. The maximum absolute atomic E-state index is 12.7. The van der Waals surface area contributed by atoms with E-state index in [0.29, 0.717) is 16.8 Å². The molecular formula is C20H32N2O6S. The Morgan fingerprint density at radius 1 is 0.966 bits per heavy atom. The van der Waals surface area contributed by atoms with Crippen LogP contribution in [0.1, 0.15) is 52.7 Å². The zero-order valence-electron chi connectivity index (χ0n) is 18.7. The summed E-state index contributed by atoms with van der Waals surface area (Å²) < 4.78 is 36.0. The Kier molecular flexibility index (Phi) is 7.34. The molecule has 0 aliphatic heterocycles. The molecule has 0 atom stereocenters. The van der Waals surface area contributed by atoms with Crippen molar-refractivity contribution in [3.05, 3.63) is 29.3 Å². The average Bonchev–Trinajstić information content (AvgIpc) is 2.47. The molecular weight excluding hydrogens is 396 g/mol. The van der Waals surface area contributed by atoms with Crippen LogP contribution in [0.5, 0.6) is 0 Å². The van der Waals surface area contributed by atoms with Crippen LogP contribution in [0, 0.1) is 6.92 Å². The highest BCUT2D eigenvalue weighted by Crippen LogP contribution is 2.28. The fourth-order valence-electron chi connectivity index (χ4n) is 2.47. The predicted octanol–water partition coefficient (Wildman–Crippen LogP) is 4.06. The Morgan fingerprint density at radius 3 is 1.79 bits per heavy atom. The molecule has 0 unspecified atom stereocenters. The summed E-state index contributed by atoms with van der Waals surface area (Å²) in [6.45, 7) is 11.7. The number of hydrogen-bond acceptors (Lipinski definition) is 6. The van der Waals surface area contributed by atoms with Gasteiger partial charge in [-0.3, -0.25) is 4.31 Å². The van der Waals surface area contributed by atoms with E-state index >= 15 is 0 Å². The summed E-state index contributed by atoms with van der Waals surface area (Å²) in [6.07, 6.45) is -0.662. The number of anilines is 1. The van der Waals surface area contributed by atoms with Crippen molar-refractivity contribution in [2.45, 2.75) is 66.2 Å². The molecule has 29 heavy (non-hydrogen) atoms. The van der Waals surface area contributed by atoms with Gasteiger partial charge >= 0.3 is 12.2 Å². The third-order valence-electron chi connectivity index (χ3n) is 3.69. The van der Waals surface area contributed by atoms with E-state index < -0.39 is 33.4 Å². The minimum atomic E-state index is -3.55. The molecule has 0 spiro atoms. The second-order valence-electron chi connectivity index (χ2n) is 8.86. The molecule has 0 aliphatic carbocycles. The van der Waals surface area contributed by atoms with Gasteiger partial charge in [0.2, 0.25) is 10.0 Å². The highest BCUT2D eigenvalue weighted by molar-refractivity contribution is 7.92. The van der Waals surface area contributed by atoms with Crippen molar-refractivity contribution in [2.75, 3.05) is 17.6 Å². The summed E-state index contributed by atoms with van der Waals surface area (Å²) in [6, 6.07) is 5.14. The summed E-state index contributed by atoms with van der Waals surface area (Å²) in [5.74, 6) is 0. The number of aryl methyl sites for hydroxylation is 1. The normalized spacial score (nSPS) is 12.3. The molecule has 0 radical (unpaired) electrons. The molecule has 0 saturated carbocycles. The summed E-state index contributed by atoms with van der Waals surface area (Å²) in [7, 11) is -2.13. The molecule has 0 N–H and O–H groups in total. The summed E-state index contributed by atoms with van der Waals surface area (Å²) in [5.41, 5.74) is -0.0994. The van der Waals surface area contributed by atoms with Gasteiger partial charge in [0.25, 0.3) is 0 Å². The quantitative estimate of drug-likeness (QED) is 0.718. The van der Waals surface area contributed by atoms with Crippen LogP contribution in [-0.2, 0) is 26.0 Å². The second-order valence-corrected chi connectivity index (χ2v) is 10.9. The minimum Gasteiger partial charge on any atom is -0.443 e. The van der Waals surface area contributed by atoms with Gasteiger partial charge in [-0.15, -0.1) is 0 Å². The van der Waals surface area contributed by atoms with Gasteiger partial charge in [0, 0.05) is 7.05 Å². The fraction of sp³-hybridized carbons (Fsp3) is 0.600. The summed E-state index contributed by atoms with van der Waals surface area (Å²) >= 11 is 0. The number of carbonyl (C=O) groups is 2. The molecule has 0 aromatic heterocycles. The van der Waals surface area contributed by atoms with Crippen molar-refractivity contribution < 1.29 is 27.5 Å². The lowest BCUT2D eigenvalue weighted by atomic mass is 10.1. The van der Waals surface area contributed by atoms with Gasteiger partial charge in [-0.1, -0.05) is 18.2 Å². The second kappa shape index (κ2) is 8.61. The predicted molar refractivity (Wildman–Crippen MR) is 112 cm³/mol. The van der Waals surface area contributed by atoms with Crippen LogP contribution in [-0.4, -0.2) is 50.0 Å². The van der Waals surface area contributed by atoms with Crippen LogP contribution < -0.4 is 4.31 Å². The van der Waals surface area contributed by atoms with Crippen molar-refractivity contribution in [2.24, 2.45) is 0 Å². The number of nitrogens with zero attached hydrogens (tertiary/aromatic N) is 2. The van der Waals surface area contributed by atoms with Gasteiger partial charge in [0.1, 0.15) is 11.2 Å². The van der Waals surface area contributed by atoms with E-state index in [9.17, 15) is 18.0 Å². The van der Waals surface area contributed by atoms with Crippen LogP contribution in [0.4, 0.5) is 15.3 Å². The summed E-state index contributed by atoms with van der Waals surface area (Å²) in [4.78, 5) is 26.3. The minimum absolute atomic E-state index is 0.208. The van der Waals surface area contributed by atoms with E-state index in [0.717, 1.165) is 15.5 Å². The molecule has 2 amide bonds. The topological polar surface area (TPSA) is 93.2 Å². The van der Waals surface area contributed by atoms with Gasteiger partial charge < -0.3 is 9.47 Å². The van der Waals surface area contributed by atoms with Crippen molar-refractivity contribution in [3.8, 4) is 0 Å². The molecule has 1 aromatic rings. The monoisotopic (exact) mass is 428 g/mol. The fourth-order valence-corrected chi connectivity index (χ4v) is 3.06. The van der Waals surface area contributed by atoms with E-state index in [1.807, 2.05) is 0 Å². The van der Waals surface area contributed by atoms with Gasteiger partial charge in [-0.05, 0) is 59.6 Å². The van der Waals surface area contributed by atoms with E-state index in [1.54, 1.807) is 66.7 Å². The summed E-state index contributed by atoms with van der Waals surface area (Å²) in [5, 5.41) is 0. The van der Waals surface area contributed by atoms with Crippen molar-refractivity contribution in [1.82, 2.24) is 4.90 Å². The van der Waals surface area contributed by atoms with Crippen LogP contribution in [0.15, 0.2) is 18.2 Å². The van der Waals surface area contributed by atoms with E-state index in [1.165, 1.54) is 7.05 Å². The number of hydrogen-bond donors (Lipinski definition) is 0. The molecule has 1 rings (SSSR count). The van der Waals surface area contributed by atoms with E-state index in [-0.39, 0.29) is 6.54 Å². The van der Waals surface area contributed by atoms with E-state index in [4.69, 9.17) is 9.47 Å². The highest BCUT2D eigenvalue weighted by atomic mass is 32.2. The maximum atomic E-state index is 12.7. The van der Waals surface area contributed by atoms with Gasteiger partial charge in [0.05, 0.1) is 18.5 Å². The Balaban J connectivity index is 3.42. The number of sulfonamides is 1. The SMILES string of the molecule is Cc1cccc(CN(C(=O)OC(C)(C)C)C(=O)OC(C)(C)C)c1N(C)S(C)(=O)=O. The standard InChI is InChI=1S/C20H32N2O6S/c1-14-11-10-12-15(16(14)21(8)29(9,25)26)13-22(17(23)27-19(2,3)4)18(24)28-20(5,6)7/h10-12H,13H2,1-9H3. The molecule has 0 bridgehead atoms. The molecule has 9 heteroatoms. The lowest BCUT2D eigenvalue weighted by Crippen LogP contribution is -2.43. The van der Waals surface area contributed by atoms with Gasteiger partial charge in [-0.25, -0.2) is 22.9 Å². The van der Waals surface area contributed by atoms with Gasteiger partial charge in [0.15, 0.2) is 0 Å². The first-order chi connectivity index (χ1) is 12.9. The molecule has 0 saturated heterocycles. The van der Waals surface area contributed by atoms with Gasteiger partial charge in [-0.2, -0.15) is 0 Å². The first-order valence-electron chi connectivity index (χ1n) is 9.18. The maximum Gasteiger partial charge on any atom is 0.420 e. The Labute approximate surface area is 173 Å². The Morgan fingerprint density at radius 2 is 1.41 bits per heavy atom. The lowest BCUT2D eigenvalue weighted by molar-refractivity contribution is -0.000215. The molecule has 0 heterocycles. The van der Waals surface area contributed by atoms with Crippen LogP contribution in [0.2, 0.25) is 0 Å². The van der Waals surface area contributed by atoms with E-state index in [2.05, 4.69) is 0 Å². The van der Waals surface area contributed by atoms with Crippen LogP contribution in [0.3, 0.4) is 0 Å². The number of ether oxygens (including phenoxy) is 2. The molecule has 0 fully saturated rings. The highest BCUT2D eigenvalue weighted by Gasteiger charge is 2.32. The number of imide groups is 1. The zero-order chi connectivity index (χ0) is 22.8. The van der Waals surface area contributed by atoms with Crippen molar-refractivity contribution in [1.29, 1.82) is 0 Å². The number of amides is 2. The first kappa shape index (κ1) is 24.7. The molecule has 0 aliphatic rings. The molecule has 164 valence electrons. The Hall–Kier alpha value is -2.29. The third kappa shape index (κ3) is 7.56. The largest absolute Gasteiger partial charge is 0.443 e. The number of carbonyl (C=O) groups excluding carboxylic acids is 2. The van der Waals surface area contributed by atoms with Crippen LogP contribution in [0.25, 0.3) is 0 Å². The lowest BCUT2D eigenvalue weighted by Gasteiger charge is -2.30. The van der Waals surface area contributed by atoms with Crippen LogP contribution >= 0.6 is 0 Å². The smallest absolute Gasteiger partial charge is 0.420 e. The number of rotatable bonds is 4. The Bertz CT molecular complexity index is 838.